The van der Waals surface area contributed by atoms with E-state index in [4.69, 9.17) is 8.85 Å². The van der Waals surface area contributed by atoms with Gasteiger partial charge >= 0.3 is 0 Å². The molecule has 3 rings (SSSR count). The third-order valence-corrected chi connectivity index (χ3v) is 8.91. The Kier molecular flexibility index (Phi) is 4.08. The Bertz CT molecular complexity index is 575. The Hall–Kier alpha value is -1.27. The van der Waals surface area contributed by atoms with Crippen molar-refractivity contribution in [3.8, 4) is 0 Å². The highest BCUT2D eigenvalue weighted by molar-refractivity contribution is 6.72. The summed E-state index contributed by atoms with van der Waals surface area (Å²) in [5.74, 6) is 2.13. The zero-order valence-corrected chi connectivity index (χ0v) is 16.1. The zero-order chi connectivity index (χ0) is 15.8. The summed E-state index contributed by atoms with van der Waals surface area (Å²) in [6, 6.07) is 10.9. The van der Waals surface area contributed by atoms with Gasteiger partial charge in [0.05, 0.1) is 0 Å². The SMILES string of the molecule is C[Si]1(C)CCC=C(c2ccccc2C2=CCC[Si](C)(C)O2)O1. The maximum atomic E-state index is 6.37. The van der Waals surface area contributed by atoms with E-state index in [1.807, 2.05) is 0 Å². The maximum absolute atomic E-state index is 6.37. The largest absolute Gasteiger partial charge is 0.544 e. The Morgan fingerprint density at radius 3 is 1.50 bits per heavy atom. The minimum absolute atomic E-state index is 1.06. The van der Waals surface area contributed by atoms with E-state index in [1.165, 1.54) is 23.2 Å². The summed E-state index contributed by atoms with van der Waals surface area (Å²) in [7, 11) is -3.11. The molecule has 0 spiro atoms. The van der Waals surface area contributed by atoms with E-state index in [9.17, 15) is 0 Å². The molecule has 22 heavy (non-hydrogen) atoms. The van der Waals surface area contributed by atoms with Gasteiger partial charge in [-0.1, -0.05) is 24.3 Å². The summed E-state index contributed by atoms with van der Waals surface area (Å²) in [6.07, 6.45) is 6.76. The first-order valence-corrected chi connectivity index (χ1v) is 14.5. The van der Waals surface area contributed by atoms with Crippen LogP contribution in [0.15, 0.2) is 36.4 Å². The van der Waals surface area contributed by atoms with Gasteiger partial charge in [-0.3, -0.25) is 0 Å². The van der Waals surface area contributed by atoms with Crippen molar-refractivity contribution in [3.63, 3.8) is 0 Å². The number of allylic oxidation sites excluding steroid dienone is 2. The summed E-state index contributed by atoms with van der Waals surface area (Å²) in [6.45, 7) is 9.20. The fraction of sp³-hybridized carbons (Fsp3) is 0.444. The summed E-state index contributed by atoms with van der Waals surface area (Å²) in [4.78, 5) is 0. The van der Waals surface area contributed by atoms with Crippen molar-refractivity contribution >= 4 is 28.2 Å². The van der Waals surface area contributed by atoms with Gasteiger partial charge in [0.25, 0.3) is 0 Å². The first-order chi connectivity index (χ1) is 10.4. The lowest BCUT2D eigenvalue weighted by atomic mass is 10.0. The summed E-state index contributed by atoms with van der Waals surface area (Å²) in [5.41, 5.74) is 2.39. The number of hydrogen-bond acceptors (Lipinski definition) is 2. The first kappa shape index (κ1) is 15.6. The number of benzene rings is 1. The van der Waals surface area contributed by atoms with E-state index < -0.39 is 16.6 Å². The highest BCUT2D eigenvalue weighted by Gasteiger charge is 2.32. The fourth-order valence-electron chi connectivity index (χ4n) is 3.13. The molecular formula is C18H26O2Si2. The molecule has 2 aliphatic heterocycles. The van der Waals surface area contributed by atoms with Crippen molar-refractivity contribution in [2.75, 3.05) is 0 Å². The molecule has 0 aliphatic carbocycles. The molecule has 0 fully saturated rings. The fourth-order valence-corrected chi connectivity index (χ4v) is 6.59. The molecule has 4 heteroatoms. The van der Waals surface area contributed by atoms with Crippen molar-refractivity contribution < 1.29 is 8.85 Å². The van der Waals surface area contributed by atoms with Gasteiger partial charge in [0, 0.05) is 11.1 Å². The quantitative estimate of drug-likeness (QED) is 0.655. The molecule has 0 N–H and O–H groups in total. The van der Waals surface area contributed by atoms with E-state index in [1.54, 1.807) is 0 Å². The van der Waals surface area contributed by atoms with Crippen molar-refractivity contribution in [2.24, 2.45) is 0 Å². The van der Waals surface area contributed by atoms with Gasteiger partial charge in [0.1, 0.15) is 11.5 Å². The Morgan fingerprint density at radius 2 is 1.14 bits per heavy atom. The molecule has 2 heterocycles. The average Bonchev–Trinajstić information content (AvgIpc) is 2.45. The van der Waals surface area contributed by atoms with Gasteiger partial charge in [-0.2, -0.15) is 0 Å². The topological polar surface area (TPSA) is 18.5 Å². The highest BCUT2D eigenvalue weighted by atomic mass is 28.4. The second-order valence-corrected chi connectivity index (χ2v) is 15.9. The van der Waals surface area contributed by atoms with Crippen LogP contribution < -0.4 is 0 Å². The van der Waals surface area contributed by atoms with Crippen LogP contribution in [0.4, 0.5) is 0 Å². The second kappa shape index (κ2) is 5.74. The third-order valence-electron chi connectivity index (χ3n) is 4.38. The van der Waals surface area contributed by atoms with Crippen LogP contribution in [0.1, 0.15) is 24.0 Å². The molecule has 0 bridgehead atoms. The van der Waals surface area contributed by atoms with E-state index >= 15 is 0 Å². The lowest BCUT2D eigenvalue weighted by Gasteiger charge is -2.33. The van der Waals surface area contributed by atoms with E-state index in [0.29, 0.717) is 0 Å². The normalized spacial score (nSPS) is 22.9. The van der Waals surface area contributed by atoms with Gasteiger partial charge < -0.3 is 8.85 Å². The first-order valence-electron chi connectivity index (χ1n) is 8.24. The van der Waals surface area contributed by atoms with E-state index in [0.717, 1.165) is 24.4 Å². The molecule has 0 saturated carbocycles. The maximum Gasteiger partial charge on any atom is 0.245 e. The monoisotopic (exact) mass is 330 g/mol. The van der Waals surface area contributed by atoms with Crippen LogP contribution in [0.3, 0.4) is 0 Å². The van der Waals surface area contributed by atoms with E-state index in [-0.39, 0.29) is 0 Å². The molecular weight excluding hydrogens is 304 g/mol. The molecule has 118 valence electrons. The molecule has 2 nitrogen and oxygen atoms in total. The van der Waals surface area contributed by atoms with Crippen LogP contribution in [-0.2, 0) is 8.85 Å². The minimum atomic E-state index is -1.56. The molecule has 0 saturated heterocycles. The molecule has 0 unspecified atom stereocenters. The van der Waals surface area contributed by atoms with Crippen LogP contribution in [-0.4, -0.2) is 16.6 Å². The van der Waals surface area contributed by atoms with Crippen LogP contribution in [0.25, 0.3) is 11.5 Å². The standard InChI is InChI=1S/C18H26O2Si2/c1-21(2)13-7-11-17(19-21)15-9-5-6-10-16(15)18-12-8-14-22(3,4)20-18/h5-6,9-12H,7-8,13-14H2,1-4H3. The van der Waals surface area contributed by atoms with Crippen LogP contribution in [0.2, 0.25) is 38.3 Å². The second-order valence-electron chi connectivity index (χ2n) is 7.48. The zero-order valence-electron chi connectivity index (χ0n) is 14.1. The molecule has 2 aliphatic rings. The van der Waals surface area contributed by atoms with Crippen LogP contribution in [0, 0.1) is 0 Å². The van der Waals surface area contributed by atoms with Gasteiger partial charge in [-0.25, -0.2) is 0 Å². The third kappa shape index (κ3) is 3.38. The van der Waals surface area contributed by atoms with Gasteiger partial charge in [0.15, 0.2) is 0 Å². The van der Waals surface area contributed by atoms with Crippen molar-refractivity contribution in [1.82, 2.24) is 0 Å². The smallest absolute Gasteiger partial charge is 0.245 e. The molecule has 0 aromatic heterocycles. The van der Waals surface area contributed by atoms with Crippen molar-refractivity contribution in [1.29, 1.82) is 0 Å². The van der Waals surface area contributed by atoms with Gasteiger partial charge in [0.2, 0.25) is 16.6 Å². The highest BCUT2D eigenvalue weighted by Crippen LogP contribution is 2.37. The molecule has 0 atom stereocenters. The summed E-state index contributed by atoms with van der Waals surface area (Å²) < 4.78 is 12.7. The minimum Gasteiger partial charge on any atom is -0.544 e. The predicted octanol–water partition coefficient (Wildman–Crippen LogP) is 5.62. The number of rotatable bonds is 2. The Morgan fingerprint density at radius 1 is 0.727 bits per heavy atom. The molecule has 0 amide bonds. The van der Waals surface area contributed by atoms with Gasteiger partial charge in [-0.05, 0) is 63.3 Å². The Balaban J connectivity index is 1.98. The average molecular weight is 331 g/mol. The Labute approximate surface area is 136 Å². The van der Waals surface area contributed by atoms with Crippen molar-refractivity contribution in [3.05, 3.63) is 47.5 Å². The van der Waals surface area contributed by atoms with E-state index in [2.05, 4.69) is 62.6 Å². The molecule has 0 radical (unpaired) electrons. The predicted molar refractivity (Wildman–Crippen MR) is 98.4 cm³/mol. The van der Waals surface area contributed by atoms with Crippen LogP contribution >= 0.6 is 0 Å². The lowest BCUT2D eigenvalue weighted by molar-refractivity contribution is 0.481. The summed E-state index contributed by atoms with van der Waals surface area (Å²) >= 11 is 0. The van der Waals surface area contributed by atoms with Crippen molar-refractivity contribution in [2.45, 2.75) is 51.1 Å². The number of hydrogen-bond donors (Lipinski definition) is 0. The lowest BCUT2D eigenvalue weighted by Crippen LogP contribution is -2.32. The van der Waals surface area contributed by atoms with Gasteiger partial charge in [-0.15, -0.1) is 0 Å². The summed E-state index contributed by atoms with van der Waals surface area (Å²) in [5, 5.41) is 0. The molecule has 1 aromatic carbocycles. The molecule has 1 aromatic rings. The van der Waals surface area contributed by atoms with Crippen LogP contribution in [0.5, 0.6) is 0 Å².